The number of methoxy groups -OCH3 is 1. The van der Waals surface area contributed by atoms with Gasteiger partial charge in [-0.15, -0.1) is 0 Å². The Bertz CT molecular complexity index is 734. The highest BCUT2D eigenvalue weighted by Gasteiger charge is 2.65. The molecule has 0 aromatic heterocycles. The van der Waals surface area contributed by atoms with E-state index in [1.807, 2.05) is 0 Å². The Labute approximate surface area is 199 Å². The molecule has 9 unspecified atom stereocenters. The van der Waals surface area contributed by atoms with E-state index in [9.17, 15) is 4.79 Å². The normalized spacial score (nSPS) is 48.6. The molecule has 0 aromatic rings. The van der Waals surface area contributed by atoms with Gasteiger partial charge in [-0.25, -0.2) is 0 Å². The van der Waals surface area contributed by atoms with E-state index >= 15 is 0 Å². The highest BCUT2D eigenvalue weighted by atomic mass is 16.7. The standard InChI is InChI=1S/C27H44O6/c1-17(28)33-23-15-19-20-6-7-24(27(4)31-12-13-32-27)26(20,3)11-9-21(19)25(2)10-8-18(14-22(23)25)30-16-29-5/h18-24H,6-16H2,1-5H3. The van der Waals surface area contributed by atoms with Crippen molar-refractivity contribution < 1.29 is 28.5 Å². The Hall–Kier alpha value is -0.690. The maximum atomic E-state index is 12.2. The van der Waals surface area contributed by atoms with E-state index in [-0.39, 0.29) is 29.0 Å². The van der Waals surface area contributed by atoms with Crippen molar-refractivity contribution in [3.05, 3.63) is 0 Å². The molecule has 9 atom stereocenters. The molecule has 5 fully saturated rings. The average molecular weight is 465 g/mol. The smallest absolute Gasteiger partial charge is 0.302 e. The number of hydrogen-bond acceptors (Lipinski definition) is 6. The van der Waals surface area contributed by atoms with Gasteiger partial charge in [0, 0.05) is 25.9 Å². The predicted octanol–water partition coefficient (Wildman–Crippen LogP) is 4.94. The Kier molecular flexibility index (Phi) is 6.38. The van der Waals surface area contributed by atoms with Gasteiger partial charge in [0.1, 0.15) is 12.9 Å². The first-order valence-corrected chi connectivity index (χ1v) is 13.3. The van der Waals surface area contributed by atoms with Crippen LogP contribution in [0.2, 0.25) is 0 Å². The highest BCUT2D eigenvalue weighted by Crippen LogP contribution is 2.69. The van der Waals surface area contributed by atoms with E-state index < -0.39 is 5.79 Å². The number of rotatable bonds is 5. The molecule has 0 spiro atoms. The van der Waals surface area contributed by atoms with Gasteiger partial charge in [0.25, 0.3) is 0 Å². The third-order valence-electron chi connectivity index (χ3n) is 10.8. The van der Waals surface area contributed by atoms with E-state index in [1.165, 1.54) is 25.7 Å². The second kappa shape index (κ2) is 8.76. The zero-order valence-electron chi connectivity index (χ0n) is 21.3. The second-order valence-electron chi connectivity index (χ2n) is 12.2. The van der Waals surface area contributed by atoms with E-state index in [4.69, 9.17) is 23.7 Å². The largest absolute Gasteiger partial charge is 0.462 e. The summed E-state index contributed by atoms with van der Waals surface area (Å²) in [6.07, 6.45) is 9.25. The molecular formula is C27H44O6. The molecule has 0 radical (unpaired) electrons. The van der Waals surface area contributed by atoms with Crippen LogP contribution >= 0.6 is 0 Å². The molecule has 5 aliphatic rings. The van der Waals surface area contributed by atoms with Crippen molar-refractivity contribution in [2.75, 3.05) is 27.1 Å². The fraction of sp³-hybridized carbons (Fsp3) is 0.963. The van der Waals surface area contributed by atoms with Crippen molar-refractivity contribution in [2.45, 2.75) is 97.1 Å². The van der Waals surface area contributed by atoms with Gasteiger partial charge >= 0.3 is 5.97 Å². The van der Waals surface area contributed by atoms with Crippen LogP contribution in [0.5, 0.6) is 0 Å². The lowest BCUT2D eigenvalue weighted by atomic mass is 9.44. The number of carbonyl (C=O) groups excluding carboxylic acids is 1. The van der Waals surface area contributed by atoms with Gasteiger partial charge in [-0.2, -0.15) is 0 Å². The summed E-state index contributed by atoms with van der Waals surface area (Å²) in [5.41, 5.74) is 0.419. The summed E-state index contributed by atoms with van der Waals surface area (Å²) in [6.45, 7) is 10.5. The topological polar surface area (TPSA) is 63.2 Å². The summed E-state index contributed by atoms with van der Waals surface area (Å²) in [6, 6.07) is 0. The quantitative estimate of drug-likeness (QED) is 0.424. The lowest BCUT2D eigenvalue weighted by molar-refractivity contribution is -0.228. The van der Waals surface area contributed by atoms with Crippen molar-refractivity contribution in [3.8, 4) is 0 Å². The second-order valence-corrected chi connectivity index (χ2v) is 12.2. The van der Waals surface area contributed by atoms with Gasteiger partial charge in [0.2, 0.25) is 0 Å². The van der Waals surface area contributed by atoms with Crippen molar-refractivity contribution in [1.82, 2.24) is 0 Å². The molecule has 6 nitrogen and oxygen atoms in total. The van der Waals surface area contributed by atoms with Crippen LogP contribution in [0.3, 0.4) is 0 Å². The Morgan fingerprint density at radius 2 is 1.61 bits per heavy atom. The molecule has 4 saturated carbocycles. The van der Waals surface area contributed by atoms with Crippen LogP contribution in [-0.2, 0) is 28.5 Å². The van der Waals surface area contributed by atoms with Crippen molar-refractivity contribution in [3.63, 3.8) is 0 Å². The lowest BCUT2D eigenvalue weighted by Crippen LogP contribution is -2.59. The molecule has 0 amide bonds. The van der Waals surface area contributed by atoms with E-state index in [0.717, 1.165) is 25.7 Å². The first-order chi connectivity index (χ1) is 15.7. The van der Waals surface area contributed by atoms with Gasteiger partial charge in [-0.3, -0.25) is 4.79 Å². The van der Waals surface area contributed by atoms with Crippen LogP contribution in [0.1, 0.15) is 79.1 Å². The first kappa shape index (κ1) is 24.0. The maximum absolute atomic E-state index is 12.2. The average Bonchev–Trinajstić information content (AvgIpc) is 3.36. The number of ether oxygens (including phenoxy) is 5. The SMILES string of the molecule is COCOC1CCC2(C)C(C1)C(OC(C)=O)CC1C2CCC2(C)C1CCC2C1(C)OCCO1. The number of carbonyl (C=O) groups is 1. The Balaban J connectivity index is 1.42. The molecule has 1 aliphatic heterocycles. The fourth-order valence-corrected chi connectivity index (χ4v) is 9.48. The van der Waals surface area contributed by atoms with Gasteiger partial charge in [-0.1, -0.05) is 13.8 Å². The van der Waals surface area contributed by atoms with Crippen molar-refractivity contribution in [1.29, 1.82) is 0 Å². The third kappa shape index (κ3) is 3.88. The van der Waals surface area contributed by atoms with Crippen LogP contribution in [0.25, 0.3) is 0 Å². The zero-order chi connectivity index (χ0) is 23.4. The molecule has 5 rings (SSSR count). The number of hydrogen-bond donors (Lipinski definition) is 0. The summed E-state index contributed by atoms with van der Waals surface area (Å²) in [4.78, 5) is 12.2. The van der Waals surface area contributed by atoms with E-state index in [0.29, 0.717) is 49.6 Å². The minimum Gasteiger partial charge on any atom is -0.462 e. The molecule has 0 aromatic carbocycles. The van der Waals surface area contributed by atoms with Crippen LogP contribution < -0.4 is 0 Å². The Morgan fingerprint density at radius 3 is 2.30 bits per heavy atom. The van der Waals surface area contributed by atoms with E-state index in [1.54, 1.807) is 14.0 Å². The highest BCUT2D eigenvalue weighted by molar-refractivity contribution is 5.66. The Morgan fingerprint density at radius 1 is 0.909 bits per heavy atom. The third-order valence-corrected chi connectivity index (χ3v) is 10.8. The monoisotopic (exact) mass is 464 g/mol. The molecular weight excluding hydrogens is 420 g/mol. The maximum Gasteiger partial charge on any atom is 0.302 e. The first-order valence-electron chi connectivity index (χ1n) is 13.3. The zero-order valence-corrected chi connectivity index (χ0v) is 21.3. The minimum absolute atomic E-state index is 0.0151. The van der Waals surface area contributed by atoms with E-state index in [2.05, 4.69) is 20.8 Å². The summed E-state index contributed by atoms with van der Waals surface area (Å²) in [7, 11) is 1.68. The van der Waals surface area contributed by atoms with Crippen molar-refractivity contribution in [2.24, 2.45) is 40.4 Å². The summed E-state index contributed by atoms with van der Waals surface area (Å²) >= 11 is 0. The molecule has 1 saturated heterocycles. The van der Waals surface area contributed by atoms with Gasteiger partial charge in [0.15, 0.2) is 5.79 Å². The minimum atomic E-state index is -0.441. The van der Waals surface area contributed by atoms with Gasteiger partial charge < -0.3 is 23.7 Å². The molecule has 0 N–H and O–H groups in total. The molecule has 6 heteroatoms. The van der Waals surface area contributed by atoms with Crippen LogP contribution in [0.15, 0.2) is 0 Å². The molecule has 188 valence electrons. The van der Waals surface area contributed by atoms with Gasteiger partial charge in [0.05, 0.1) is 19.3 Å². The van der Waals surface area contributed by atoms with Crippen LogP contribution in [-0.4, -0.2) is 51.1 Å². The predicted molar refractivity (Wildman–Crippen MR) is 123 cm³/mol. The fourth-order valence-electron chi connectivity index (χ4n) is 9.48. The summed E-state index contributed by atoms with van der Waals surface area (Å²) in [5, 5.41) is 0. The molecule has 4 aliphatic carbocycles. The summed E-state index contributed by atoms with van der Waals surface area (Å²) in [5.74, 6) is 2.14. The van der Waals surface area contributed by atoms with Crippen LogP contribution in [0.4, 0.5) is 0 Å². The number of fused-ring (bicyclic) bond motifs is 5. The van der Waals surface area contributed by atoms with Crippen molar-refractivity contribution >= 4 is 5.97 Å². The lowest BCUT2D eigenvalue weighted by Gasteiger charge is -2.63. The molecule has 0 bridgehead atoms. The molecule has 33 heavy (non-hydrogen) atoms. The van der Waals surface area contributed by atoms with Gasteiger partial charge in [-0.05, 0) is 86.9 Å². The summed E-state index contributed by atoms with van der Waals surface area (Å²) < 4.78 is 29.6. The van der Waals surface area contributed by atoms with Crippen LogP contribution in [0, 0.1) is 40.4 Å². The molecule has 1 heterocycles. The number of esters is 1.